The Bertz CT molecular complexity index is 411. The van der Waals surface area contributed by atoms with Crippen LogP contribution in [0.5, 0.6) is 0 Å². The van der Waals surface area contributed by atoms with E-state index in [2.05, 4.69) is 4.98 Å². The van der Waals surface area contributed by atoms with Crippen LogP contribution in [0.15, 0.2) is 0 Å². The van der Waals surface area contributed by atoms with Crippen molar-refractivity contribution in [2.75, 3.05) is 0 Å². The van der Waals surface area contributed by atoms with E-state index in [4.69, 9.17) is 10.8 Å². The van der Waals surface area contributed by atoms with E-state index in [0.29, 0.717) is 10.8 Å². The maximum absolute atomic E-state index is 10.9. The molecule has 1 heterocycles. The van der Waals surface area contributed by atoms with Crippen LogP contribution in [0.4, 0.5) is 0 Å². The SMILES string of the molecule is Cc1nc(C2CCCCC2)sc1C(N)C(=O)O. The highest BCUT2D eigenvalue weighted by atomic mass is 32.1. The average molecular weight is 254 g/mol. The van der Waals surface area contributed by atoms with Crippen molar-refractivity contribution in [2.24, 2.45) is 5.73 Å². The Balaban J connectivity index is 2.20. The number of rotatable bonds is 3. The molecule has 2 rings (SSSR count). The summed E-state index contributed by atoms with van der Waals surface area (Å²) < 4.78 is 0. The highest BCUT2D eigenvalue weighted by molar-refractivity contribution is 7.12. The Kier molecular flexibility index (Phi) is 3.79. The Morgan fingerprint density at radius 2 is 2.12 bits per heavy atom. The van der Waals surface area contributed by atoms with Crippen molar-refractivity contribution in [1.29, 1.82) is 0 Å². The number of hydrogen-bond acceptors (Lipinski definition) is 4. The van der Waals surface area contributed by atoms with Crippen LogP contribution < -0.4 is 5.73 Å². The second-order valence-corrected chi connectivity index (χ2v) is 5.71. The van der Waals surface area contributed by atoms with Gasteiger partial charge in [0.1, 0.15) is 6.04 Å². The van der Waals surface area contributed by atoms with Crippen molar-refractivity contribution >= 4 is 17.3 Å². The lowest BCUT2D eigenvalue weighted by Crippen LogP contribution is -2.20. The molecule has 1 aliphatic carbocycles. The molecular weight excluding hydrogens is 236 g/mol. The number of nitrogens with two attached hydrogens (primary N) is 1. The molecule has 0 bridgehead atoms. The van der Waals surface area contributed by atoms with Crippen LogP contribution >= 0.6 is 11.3 Å². The largest absolute Gasteiger partial charge is 0.480 e. The van der Waals surface area contributed by atoms with Gasteiger partial charge in [-0.3, -0.25) is 4.79 Å². The third-order valence-corrected chi connectivity index (χ3v) is 4.75. The van der Waals surface area contributed by atoms with Gasteiger partial charge in [0.05, 0.1) is 15.6 Å². The first-order valence-electron chi connectivity index (χ1n) is 6.05. The zero-order valence-corrected chi connectivity index (χ0v) is 10.8. The number of carboxylic acids is 1. The Morgan fingerprint density at radius 1 is 1.47 bits per heavy atom. The standard InChI is InChI=1S/C12H18N2O2S/c1-7-10(9(13)12(15)16)17-11(14-7)8-5-3-2-4-6-8/h8-9H,2-6,13H2,1H3,(H,15,16). The summed E-state index contributed by atoms with van der Waals surface area (Å²) in [5.41, 5.74) is 6.44. The Hall–Kier alpha value is -0.940. The smallest absolute Gasteiger partial charge is 0.326 e. The first-order chi connectivity index (χ1) is 8.09. The molecule has 4 nitrogen and oxygen atoms in total. The average Bonchev–Trinajstić information content (AvgIpc) is 2.71. The number of carbonyl (C=O) groups is 1. The van der Waals surface area contributed by atoms with Crippen molar-refractivity contribution in [1.82, 2.24) is 4.98 Å². The van der Waals surface area contributed by atoms with Crippen molar-refractivity contribution in [3.63, 3.8) is 0 Å². The van der Waals surface area contributed by atoms with Gasteiger partial charge in [0.2, 0.25) is 0 Å². The van der Waals surface area contributed by atoms with Crippen molar-refractivity contribution in [3.8, 4) is 0 Å². The summed E-state index contributed by atoms with van der Waals surface area (Å²) in [6.07, 6.45) is 6.17. The lowest BCUT2D eigenvalue weighted by atomic mass is 9.90. The van der Waals surface area contributed by atoms with Crippen LogP contribution in [0.3, 0.4) is 0 Å². The topological polar surface area (TPSA) is 76.2 Å². The van der Waals surface area contributed by atoms with E-state index in [1.54, 1.807) is 0 Å². The fourth-order valence-electron chi connectivity index (χ4n) is 2.35. The Morgan fingerprint density at radius 3 is 2.71 bits per heavy atom. The Labute approximate surface area is 105 Å². The molecular formula is C12H18N2O2S. The van der Waals surface area contributed by atoms with E-state index < -0.39 is 12.0 Å². The van der Waals surface area contributed by atoms with Crippen LogP contribution in [0.2, 0.25) is 0 Å². The van der Waals surface area contributed by atoms with Crippen LogP contribution in [-0.2, 0) is 4.79 Å². The molecule has 1 aliphatic rings. The van der Waals surface area contributed by atoms with E-state index in [1.165, 1.54) is 43.4 Å². The van der Waals surface area contributed by atoms with E-state index in [0.717, 1.165) is 10.7 Å². The minimum Gasteiger partial charge on any atom is -0.480 e. The van der Waals surface area contributed by atoms with Crippen LogP contribution in [0.1, 0.15) is 59.6 Å². The van der Waals surface area contributed by atoms with Crippen LogP contribution in [0, 0.1) is 6.92 Å². The second-order valence-electron chi connectivity index (χ2n) is 4.65. The second kappa shape index (κ2) is 5.14. The van der Waals surface area contributed by atoms with Gasteiger partial charge in [-0.25, -0.2) is 4.98 Å². The van der Waals surface area contributed by atoms with E-state index in [-0.39, 0.29) is 0 Å². The van der Waals surface area contributed by atoms with Crippen molar-refractivity contribution in [3.05, 3.63) is 15.6 Å². The quantitative estimate of drug-likeness (QED) is 0.869. The highest BCUT2D eigenvalue weighted by Crippen LogP contribution is 2.37. The summed E-state index contributed by atoms with van der Waals surface area (Å²) in [7, 11) is 0. The van der Waals surface area contributed by atoms with E-state index in [9.17, 15) is 4.79 Å². The molecule has 5 heteroatoms. The summed E-state index contributed by atoms with van der Waals surface area (Å²) in [5, 5.41) is 10.0. The van der Waals surface area contributed by atoms with Gasteiger partial charge in [-0.15, -0.1) is 11.3 Å². The molecule has 0 radical (unpaired) electrons. The molecule has 1 atom stereocenters. The molecule has 0 amide bonds. The van der Waals surface area contributed by atoms with Gasteiger partial charge in [0.15, 0.2) is 0 Å². The molecule has 1 saturated carbocycles. The molecule has 0 aliphatic heterocycles. The summed E-state index contributed by atoms with van der Waals surface area (Å²) in [5.74, 6) is -0.464. The fourth-order valence-corrected chi connectivity index (χ4v) is 3.59. The molecule has 1 unspecified atom stereocenters. The number of aryl methyl sites for hydroxylation is 1. The summed E-state index contributed by atoms with van der Waals surface area (Å²) in [6, 6.07) is -0.926. The van der Waals surface area contributed by atoms with Gasteiger partial charge in [-0.1, -0.05) is 19.3 Å². The first kappa shape index (κ1) is 12.5. The number of nitrogens with zero attached hydrogens (tertiary/aromatic N) is 1. The third kappa shape index (κ3) is 2.66. The zero-order chi connectivity index (χ0) is 12.4. The van der Waals surface area contributed by atoms with E-state index >= 15 is 0 Å². The number of aliphatic carboxylic acids is 1. The number of carboxylic acid groups (broad SMARTS) is 1. The third-order valence-electron chi connectivity index (χ3n) is 3.35. The predicted octanol–water partition coefficient (Wildman–Crippen LogP) is 2.58. The molecule has 0 saturated heterocycles. The van der Waals surface area contributed by atoms with Gasteiger partial charge in [0.25, 0.3) is 0 Å². The molecule has 1 aromatic heterocycles. The van der Waals surface area contributed by atoms with E-state index in [1.807, 2.05) is 6.92 Å². The van der Waals surface area contributed by atoms with Gasteiger partial charge >= 0.3 is 5.97 Å². The first-order valence-corrected chi connectivity index (χ1v) is 6.87. The molecule has 0 spiro atoms. The zero-order valence-electron chi connectivity index (χ0n) is 9.98. The summed E-state index contributed by atoms with van der Waals surface area (Å²) in [4.78, 5) is 16.1. The van der Waals surface area contributed by atoms with Crippen LogP contribution in [-0.4, -0.2) is 16.1 Å². The maximum Gasteiger partial charge on any atom is 0.326 e. The van der Waals surface area contributed by atoms with Gasteiger partial charge in [-0.2, -0.15) is 0 Å². The fraction of sp³-hybridized carbons (Fsp3) is 0.667. The monoisotopic (exact) mass is 254 g/mol. The molecule has 1 aromatic rings. The normalized spacial score (nSPS) is 19.2. The maximum atomic E-state index is 10.9. The number of thiazole rings is 1. The lowest BCUT2D eigenvalue weighted by molar-refractivity contribution is -0.138. The predicted molar refractivity (Wildman–Crippen MR) is 67.2 cm³/mol. The lowest BCUT2D eigenvalue weighted by Gasteiger charge is -2.18. The summed E-state index contributed by atoms with van der Waals surface area (Å²) in [6.45, 7) is 1.85. The van der Waals surface area contributed by atoms with Crippen LogP contribution in [0.25, 0.3) is 0 Å². The molecule has 0 aromatic carbocycles. The molecule has 1 fully saturated rings. The minimum absolute atomic E-state index is 0.516. The van der Waals surface area contributed by atoms with Gasteiger partial charge in [-0.05, 0) is 19.8 Å². The highest BCUT2D eigenvalue weighted by Gasteiger charge is 2.24. The molecule has 94 valence electrons. The summed E-state index contributed by atoms with van der Waals surface area (Å²) >= 11 is 1.49. The molecule has 3 N–H and O–H groups in total. The minimum atomic E-state index is -0.980. The number of hydrogen-bond donors (Lipinski definition) is 2. The van der Waals surface area contributed by atoms with Crippen molar-refractivity contribution in [2.45, 2.75) is 51.0 Å². The van der Waals surface area contributed by atoms with Crippen molar-refractivity contribution < 1.29 is 9.90 Å². The van der Waals surface area contributed by atoms with Gasteiger partial charge in [0, 0.05) is 5.92 Å². The number of aromatic nitrogens is 1. The van der Waals surface area contributed by atoms with Gasteiger partial charge < -0.3 is 10.8 Å². The molecule has 17 heavy (non-hydrogen) atoms.